The Morgan fingerprint density at radius 1 is 1.40 bits per heavy atom. The van der Waals surface area contributed by atoms with Crippen molar-refractivity contribution in [3.05, 3.63) is 28.8 Å². The molecule has 0 aromatic heterocycles. The summed E-state index contributed by atoms with van der Waals surface area (Å²) in [6.45, 7) is 3.30. The van der Waals surface area contributed by atoms with Gasteiger partial charge in [-0.3, -0.25) is 4.79 Å². The highest BCUT2D eigenvalue weighted by atomic mass is 35.5. The van der Waals surface area contributed by atoms with Crippen molar-refractivity contribution in [3.63, 3.8) is 0 Å². The van der Waals surface area contributed by atoms with Crippen LogP contribution < -0.4 is 10.6 Å². The molecule has 0 radical (unpaired) electrons. The summed E-state index contributed by atoms with van der Waals surface area (Å²) >= 11 is 6.05. The van der Waals surface area contributed by atoms with Gasteiger partial charge >= 0.3 is 0 Å². The van der Waals surface area contributed by atoms with E-state index >= 15 is 0 Å². The fourth-order valence-corrected chi connectivity index (χ4v) is 3.15. The Balaban J connectivity index is 1.97. The lowest BCUT2D eigenvalue weighted by Crippen LogP contribution is -2.21. The molecule has 1 saturated carbocycles. The van der Waals surface area contributed by atoms with E-state index in [1.807, 2.05) is 12.1 Å². The summed E-state index contributed by atoms with van der Waals surface area (Å²) in [5, 5.41) is 6.54. The van der Waals surface area contributed by atoms with Gasteiger partial charge in [0.05, 0.1) is 10.6 Å². The van der Waals surface area contributed by atoms with Crippen LogP contribution in [0.4, 0.5) is 5.69 Å². The number of halogens is 1. The predicted molar refractivity (Wildman–Crippen MR) is 84.5 cm³/mol. The quantitative estimate of drug-likeness (QED) is 0.883. The third kappa shape index (κ3) is 3.89. The predicted octanol–water partition coefficient (Wildman–Crippen LogP) is 3.94. The van der Waals surface area contributed by atoms with E-state index in [1.165, 1.54) is 25.7 Å². The maximum absolute atomic E-state index is 11.7. The molecule has 2 atom stereocenters. The van der Waals surface area contributed by atoms with Gasteiger partial charge in [0.15, 0.2) is 0 Å². The van der Waals surface area contributed by atoms with Crippen LogP contribution in [-0.2, 0) is 0 Å². The molecule has 0 aliphatic heterocycles. The van der Waals surface area contributed by atoms with E-state index in [2.05, 4.69) is 17.6 Å². The first kappa shape index (κ1) is 15.2. The van der Waals surface area contributed by atoms with Gasteiger partial charge in [-0.2, -0.15) is 0 Å². The first-order chi connectivity index (χ1) is 9.60. The molecule has 2 rings (SSSR count). The molecule has 1 fully saturated rings. The molecule has 0 bridgehead atoms. The molecule has 0 heterocycles. The molecule has 1 amide bonds. The molecular weight excluding hydrogens is 272 g/mol. The fraction of sp³-hybridized carbons (Fsp3) is 0.562. The number of benzene rings is 1. The summed E-state index contributed by atoms with van der Waals surface area (Å²) in [6.07, 6.45) is 5.28. The summed E-state index contributed by atoms with van der Waals surface area (Å²) in [7, 11) is 1.61. The molecule has 1 aromatic carbocycles. The smallest absolute Gasteiger partial charge is 0.252 e. The maximum atomic E-state index is 11.7. The standard InChI is InChI=1S/C16H23ClN2O/c1-11-4-3-5-12(8-11)10-19-13-6-7-15(17)14(9-13)16(20)18-2/h6-7,9,11-12,19H,3-5,8,10H2,1-2H3,(H,18,20). The van der Waals surface area contributed by atoms with Gasteiger partial charge in [-0.05, 0) is 42.9 Å². The van der Waals surface area contributed by atoms with E-state index < -0.39 is 0 Å². The third-order valence-corrected chi connectivity index (χ3v) is 4.41. The van der Waals surface area contributed by atoms with E-state index in [9.17, 15) is 4.79 Å². The highest BCUT2D eigenvalue weighted by molar-refractivity contribution is 6.34. The first-order valence-electron chi connectivity index (χ1n) is 7.35. The van der Waals surface area contributed by atoms with Crippen LogP contribution in [0, 0.1) is 11.8 Å². The third-order valence-electron chi connectivity index (χ3n) is 4.08. The van der Waals surface area contributed by atoms with Crippen molar-refractivity contribution in [2.75, 3.05) is 18.9 Å². The summed E-state index contributed by atoms with van der Waals surface area (Å²) in [4.78, 5) is 11.7. The molecule has 2 unspecified atom stereocenters. The van der Waals surface area contributed by atoms with E-state index in [-0.39, 0.29) is 5.91 Å². The van der Waals surface area contributed by atoms with Crippen LogP contribution in [0.5, 0.6) is 0 Å². The molecule has 0 saturated heterocycles. The zero-order chi connectivity index (χ0) is 14.5. The summed E-state index contributed by atoms with van der Waals surface area (Å²) in [5.41, 5.74) is 1.49. The Bertz CT molecular complexity index is 476. The highest BCUT2D eigenvalue weighted by Crippen LogP contribution is 2.29. The van der Waals surface area contributed by atoms with E-state index in [4.69, 9.17) is 11.6 Å². The maximum Gasteiger partial charge on any atom is 0.252 e. The zero-order valence-corrected chi connectivity index (χ0v) is 13.0. The van der Waals surface area contributed by atoms with Crippen LogP contribution in [0.1, 0.15) is 43.0 Å². The number of carbonyl (C=O) groups excluding carboxylic acids is 1. The van der Waals surface area contributed by atoms with Crippen molar-refractivity contribution in [1.29, 1.82) is 0 Å². The van der Waals surface area contributed by atoms with Crippen LogP contribution in [0.15, 0.2) is 18.2 Å². The Morgan fingerprint density at radius 2 is 2.20 bits per heavy atom. The Hall–Kier alpha value is -1.22. The van der Waals surface area contributed by atoms with Crippen molar-refractivity contribution in [2.45, 2.75) is 32.6 Å². The normalized spacial score (nSPS) is 22.4. The average molecular weight is 295 g/mol. The van der Waals surface area contributed by atoms with Gasteiger partial charge in [0.1, 0.15) is 0 Å². The second-order valence-electron chi connectivity index (χ2n) is 5.79. The Labute approximate surface area is 126 Å². The number of hydrogen-bond donors (Lipinski definition) is 2. The number of hydrogen-bond acceptors (Lipinski definition) is 2. The molecule has 1 aliphatic carbocycles. The Morgan fingerprint density at radius 3 is 2.90 bits per heavy atom. The van der Waals surface area contributed by atoms with Crippen LogP contribution in [-0.4, -0.2) is 19.5 Å². The lowest BCUT2D eigenvalue weighted by atomic mass is 9.82. The van der Waals surface area contributed by atoms with Crippen molar-refractivity contribution >= 4 is 23.2 Å². The summed E-state index contributed by atoms with van der Waals surface area (Å²) in [5.74, 6) is 1.42. The van der Waals surface area contributed by atoms with Crippen molar-refractivity contribution in [2.24, 2.45) is 11.8 Å². The highest BCUT2D eigenvalue weighted by Gasteiger charge is 2.18. The summed E-state index contributed by atoms with van der Waals surface area (Å²) < 4.78 is 0. The van der Waals surface area contributed by atoms with Gasteiger partial charge in [-0.1, -0.05) is 31.4 Å². The average Bonchev–Trinajstić information content (AvgIpc) is 2.45. The van der Waals surface area contributed by atoms with Gasteiger partial charge in [0.25, 0.3) is 5.91 Å². The Kier molecular flexibility index (Phi) is 5.30. The molecule has 2 N–H and O–H groups in total. The molecule has 4 heteroatoms. The lowest BCUT2D eigenvalue weighted by molar-refractivity contribution is 0.0963. The number of carbonyl (C=O) groups is 1. The molecule has 0 spiro atoms. The largest absolute Gasteiger partial charge is 0.385 e. The molecule has 20 heavy (non-hydrogen) atoms. The first-order valence-corrected chi connectivity index (χ1v) is 7.73. The van der Waals surface area contributed by atoms with Gasteiger partial charge in [0.2, 0.25) is 0 Å². The molecule has 3 nitrogen and oxygen atoms in total. The van der Waals surface area contributed by atoms with Gasteiger partial charge in [0, 0.05) is 19.3 Å². The molecule has 1 aliphatic rings. The van der Waals surface area contributed by atoms with E-state index in [1.54, 1.807) is 13.1 Å². The molecular formula is C16H23ClN2O. The van der Waals surface area contributed by atoms with Gasteiger partial charge in [-0.25, -0.2) is 0 Å². The SMILES string of the molecule is CNC(=O)c1cc(NCC2CCCC(C)C2)ccc1Cl. The lowest BCUT2D eigenvalue weighted by Gasteiger charge is -2.27. The van der Waals surface area contributed by atoms with Crippen LogP contribution in [0.2, 0.25) is 5.02 Å². The molecule has 1 aromatic rings. The number of rotatable bonds is 4. The van der Waals surface area contributed by atoms with Crippen molar-refractivity contribution in [3.8, 4) is 0 Å². The zero-order valence-electron chi connectivity index (χ0n) is 12.2. The topological polar surface area (TPSA) is 41.1 Å². The van der Waals surface area contributed by atoms with Crippen molar-refractivity contribution < 1.29 is 4.79 Å². The summed E-state index contributed by atoms with van der Waals surface area (Å²) in [6, 6.07) is 5.53. The number of amides is 1. The second kappa shape index (κ2) is 6.98. The minimum Gasteiger partial charge on any atom is -0.385 e. The van der Waals surface area contributed by atoms with Crippen LogP contribution >= 0.6 is 11.6 Å². The number of anilines is 1. The second-order valence-corrected chi connectivity index (χ2v) is 6.20. The fourth-order valence-electron chi connectivity index (χ4n) is 2.95. The molecule has 110 valence electrons. The minimum atomic E-state index is -0.148. The van der Waals surface area contributed by atoms with E-state index in [0.717, 1.165) is 24.1 Å². The van der Waals surface area contributed by atoms with Crippen LogP contribution in [0.3, 0.4) is 0 Å². The van der Waals surface area contributed by atoms with E-state index in [0.29, 0.717) is 10.6 Å². The monoisotopic (exact) mass is 294 g/mol. The van der Waals surface area contributed by atoms with Crippen LogP contribution in [0.25, 0.3) is 0 Å². The van der Waals surface area contributed by atoms with Gasteiger partial charge in [-0.15, -0.1) is 0 Å². The van der Waals surface area contributed by atoms with Crippen molar-refractivity contribution in [1.82, 2.24) is 5.32 Å². The number of nitrogens with one attached hydrogen (secondary N) is 2. The van der Waals surface area contributed by atoms with Gasteiger partial charge < -0.3 is 10.6 Å². The minimum absolute atomic E-state index is 0.148.